The minimum absolute atomic E-state index is 0.264. The Morgan fingerprint density at radius 1 is 1.00 bits per heavy atom. The summed E-state index contributed by atoms with van der Waals surface area (Å²) in [5, 5.41) is 7.25. The molecular weight excluding hydrogens is 417 g/mol. The number of carbonyl (C=O) groups is 1. The zero-order chi connectivity index (χ0) is 23.2. The van der Waals surface area contributed by atoms with Crippen molar-refractivity contribution in [1.29, 1.82) is 0 Å². The number of ether oxygens (including phenoxy) is 1. The third-order valence-corrected chi connectivity index (χ3v) is 5.43. The Morgan fingerprint density at radius 3 is 2.55 bits per heavy atom. The Morgan fingerprint density at radius 2 is 1.79 bits per heavy atom. The third kappa shape index (κ3) is 5.66. The summed E-state index contributed by atoms with van der Waals surface area (Å²) >= 11 is 0. The first-order chi connectivity index (χ1) is 16.0. The van der Waals surface area contributed by atoms with E-state index in [1.54, 1.807) is 41.1 Å². The molecule has 0 saturated carbocycles. The van der Waals surface area contributed by atoms with Crippen LogP contribution in [0.25, 0.3) is 0 Å². The van der Waals surface area contributed by atoms with Gasteiger partial charge < -0.3 is 10.1 Å². The predicted molar refractivity (Wildman–Crippen MR) is 127 cm³/mol. The molecule has 33 heavy (non-hydrogen) atoms. The van der Waals surface area contributed by atoms with Crippen molar-refractivity contribution < 1.29 is 13.9 Å². The van der Waals surface area contributed by atoms with Gasteiger partial charge in [-0.15, -0.1) is 0 Å². The van der Waals surface area contributed by atoms with Crippen molar-refractivity contribution in [3.63, 3.8) is 0 Å². The molecule has 4 rings (SSSR count). The molecular formula is C27H26FN3O2. The molecule has 168 valence electrons. The molecule has 5 nitrogen and oxygen atoms in total. The number of hydrogen-bond donors (Lipinski definition) is 1. The van der Waals surface area contributed by atoms with Gasteiger partial charge in [0.1, 0.15) is 18.2 Å². The van der Waals surface area contributed by atoms with Crippen LogP contribution in [0.4, 0.5) is 10.2 Å². The Balaban J connectivity index is 1.40. The molecule has 1 amide bonds. The van der Waals surface area contributed by atoms with E-state index in [0.29, 0.717) is 30.1 Å². The highest BCUT2D eigenvalue weighted by atomic mass is 19.1. The maximum Gasteiger partial charge on any atom is 0.256 e. The zero-order valence-electron chi connectivity index (χ0n) is 18.7. The second-order valence-corrected chi connectivity index (χ2v) is 7.86. The molecule has 0 aliphatic rings. The van der Waals surface area contributed by atoms with E-state index in [0.717, 1.165) is 23.4 Å². The number of carbonyl (C=O) groups excluding carboxylic acids is 1. The Labute approximate surface area is 192 Å². The fourth-order valence-corrected chi connectivity index (χ4v) is 3.50. The molecule has 6 heteroatoms. The summed E-state index contributed by atoms with van der Waals surface area (Å²) in [6, 6.07) is 23.7. The van der Waals surface area contributed by atoms with Crippen LogP contribution in [-0.2, 0) is 19.6 Å². The van der Waals surface area contributed by atoms with Crippen LogP contribution in [-0.4, -0.2) is 15.7 Å². The largest absolute Gasteiger partial charge is 0.489 e. The number of rotatable bonds is 8. The lowest BCUT2D eigenvalue weighted by atomic mass is 10.1. The molecule has 4 aromatic rings. The number of aryl methyl sites for hydroxylation is 2. The van der Waals surface area contributed by atoms with Gasteiger partial charge in [0.05, 0.1) is 6.54 Å². The number of halogens is 1. The van der Waals surface area contributed by atoms with E-state index in [-0.39, 0.29) is 11.7 Å². The molecule has 1 heterocycles. The molecule has 1 N–H and O–H groups in total. The van der Waals surface area contributed by atoms with Gasteiger partial charge in [0.25, 0.3) is 5.91 Å². The average molecular weight is 444 g/mol. The lowest BCUT2D eigenvalue weighted by Gasteiger charge is -2.09. The number of nitrogens with zero attached hydrogens (tertiary/aromatic N) is 2. The number of benzene rings is 3. The molecule has 0 saturated heterocycles. The van der Waals surface area contributed by atoms with Gasteiger partial charge in [0.15, 0.2) is 5.82 Å². The Kier molecular flexibility index (Phi) is 6.83. The molecule has 1 aromatic heterocycles. The van der Waals surface area contributed by atoms with E-state index in [1.807, 2.05) is 43.3 Å². The van der Waals surface area contributed by atoms with Crippen LogP contribution >= 0.6 is 0 Å². The SMILES string of the molecule is CCc1ccc(OCc2cccc(C(=O)Nc3cc(C)n(Cc4ccccc4F)n3)c2)cc1. The van der Waals surface area contributed by atoms with Crippen molar-refractivity contribution in [3.8, 4) is 5.75 Å². The highest BCUT2D eigenvalue weighted by molar-refractivity contribution is 6.03. The second kappa shape index (κ2) is 10.1. The molecule has 3 aromatic carbocycles. The minimum Gasteiger partial charge on any atom is -0.489 e. The van der Waals surface area contributed by atoms with Crippen LogP contribution in [0.1, 0.15) is 39.7 Å². The summed E-state index contributed by atoms with van der Waals surface area (Å²) in [7, 11) is 0. The Hall–Kier alpha value is -3.93. The zero-order valence-corrected chi connectivity index (χ0v) is 18.7. The first-order valence-corrected chi connectivity index (χ1v) is 10.9. The van der Waals surface area contributed by atoms with Crippen LogP contribution in [0.5, 0.6) is 5.75 Å². The van der Waals surface area contributed by atoms with Gasteiger partial charge in [-0.2, -0.15) is 5.10 Å². The topological polar surface area (TPSA) is 56.1 Å². The quantitative estimate of drug-likeness (QED) is 0.376. The number of aromatic nitrogens is 2. The van der Waals surface area contributed by atoms with Crippen LogP contribution < -0.4 is 10.1 Å². The smallest absolute Gasteiger partial charge is 0.256 e. The minimum atomic E-state index is -0.279. The van der Waals surface area contributed by atoms with E-state index in [4.69, 9.17) is 4.74 Å². The summed E-state index contributed by atoms with van der Waals surface area (Å²) in [5.74, 6) is 0.669. The van der Waals surface area contributed by atoms with Gasteiger partial charge >= 0.3 is 0 Å². The fraction of sp³-hybridized carbons (Fsp3) is 0.185. The number of hydrogen-bond acceptors (Lipinski definition) is 3. The van der Waals surface area contributed by atoms with E-state index >= 15 is 0 Å². The van der Waals surface area contributed by atoms with Gasteiger partial charge in [0, 0.05) is 22.9 Å². The van der Waals surface area contributed by atoms with Gasteiger partial charge in [-0.1, -0.05) is 49.4 Å². The standard InChI is InChI=1S/C27H26FN3O2/c1-3-20-11-13-24(14-12-20)33-18-21-7-6-9-22(16-21)27(32)29-26-15-19(2)31(30-26)17-23-8-4-5-10-25(23)28/h4-16H,3,17-18H2,1-2H3,(H,29,30,32). The monoisotopic (exact) mass is 443 g/mol. The molecule has 0 aliphatic heterocycles. The summed E-state index contributed by atoms with van der Waals surface area (Å²) in [6.07, 6.45) is 0.984. The van der Waals surface area contributed by atoms with Crippen molar-refractivity contribution >= 4 is 11.7 Å². The molecule has 0 aliphatic carbocycles. The second-order valence-electron chi connectivity index (χ2n) is 7.86. The van der Waals surface area contributed by atoms with E-state index in [1.165, 1.54) is 11.6 Å². The highest BCUT2D eigenvalue weighted by Gasteiger charge is 2.12. The van der Waals surface area contributed by atoms with E-state index in [2.05, 4.69) is 17.3 Å². The van der Waals surface area contributed by atoms with Gasteiger partial charge in [-0.25, -0.2) is 4.39 Å². The lowest BCUT2D eigenvalue weighted by Crippen LogP contribution is -2.13. The normalized spacial score (nSPS) is 10.8. The van der Waals surface area contributed by atoms with E-state index in [9.17, 15) is 9.18 Å². The van der Waals surface area contributed by atoms with E-state index < -0.39 is 0 Å². The molecule has 0 spiro atoms. The molecule has 0 atom stereocenters. The molecule has 0 unspecified atom stereocenters. The maximum atomic E-state index is 14.0. The van der Waals surface area contributed by atoms with Crippen molar-refractivity contribution in [3.05, 3.63) is 113 Å². The summed E-state index contributed by atoms with van der Waals surface area (Å²) in [6.45, 7) is 4.64. The first-order valence-electron chi connectivity index (χ1n) is 10.9. The van der Waals surface area contributed by atoms with Crippen LogP contribution in [0.3, 0.4) is 0 Å². The Bertz CT molecular complexity index is 1250. The van der Waals surface area contributed by atoms with Crippen LogP contribution in [0, 0.1) is 12.7 Å². The summed E-state index contributed by atoms with van der Waals surface area (Å²) in [5.41, 5.74) is 4.03. The van der Waals surface area contributed by atoms with Crippen molar-refractivity contribution in [2.45, 2.75) is 33.4 Å². The third-order valence-electron chi connectivity index (χ3n) is 5.43. The van der Waals surface area contributed by atoms with Crippen LogP contribution in [0.2, 0.25) is 0 Å². The highest BCUT2D eigenvalue weighted by Crippen LogP contribution is 2.17. The van der Waals surface area contributed by atoms with Crippen LogP contribution in [0.15, 0.2) is 78.9 Å². The molecule has 0 fully saturated rings. The van der Waals surface area contributed by atoms with Crippen molar-refractivity contribution in [1.82, 2.24) is 9.78 Å². The maximum absolute atomic E-state index is 14.0. The van der Waals surface area contributed by atoms with Crippen molar-refractivity contribution in [2.75, 3.05) is 5.32 Å². The molecule has 0 radical (unpaired) electrons. The van der Waals surface area contributed by atoms with Crippen molar-refractivity contribution in [2.24, 2.45) is 0 Å². The number of nitrogens with one attached hydrogen (secondary N) is 1. The number of anilines is 1. The first kappa shape index (κ1) is 22.3. The lowest BCUT2D eigenvalue weighted by molar-refractivity contribution is 0.102. The molecule has 0 bridgehead atoms. The van der Waals surface area contributed by atoms with Gasteiger partial charge in [-0.05, 0) is 54.8 Å². The predicted octanol–water partition coefficient (Wildman–Crippen LogP) is 5.77. The average Bonchev–Trinajstić information content (AvgIpc) is 3.18. The van der Waals surface area contributed by atoms with Gasteiger partial charge in [-0.3, -0.25) is 9.48 Å². The van der Waals surface area contributed by atoms with Gasteiger partial charge in [0.2, 0.25) is 0 Å². The summed E-state index contributed by atoms with van der Waals surface area (Å²) in [4.78, 5) is 12.8. The summed E-state index contributed by atoms with van der Waals surface area (Å²) < 4.78 is 21.5. The fourth-order valence-electron chi connectivity index (χ4n) is 3.50. The number of amides is 1.